The Morgan fingerprint density at radius 1 is 1.00 bits per heavy atom. The lowest BCUT2D eigenvalue weighted by Crippen LogP contribution is -2.02. The molecular weight excluding hydrogens is 348 g/mol. The van der Waals surface area contributed by atoms with Crippen molar-refractivity contribution in [2.45, 2.75) is 6.92 Å². The molecule has 0 bridgehead atoms. The number of methoxy groups -OCH3 is 3. The first kappa shape index (κ1) is 18.1. The number of hydrogen-bond donors (Lipinski definition) is 1. The van der Waals surface area contributed by atoms with Gasteiger partial charge in [-0.05, 0) is 18.2 Å². The van der Waals surface area contributed by atoms with Gasteiger partial charge in [0.25, 0.3) is 0 Å². The quantitative estimate of drug-likeness (QED) is 0.732. The molecule has 0 aliphatic carbocycles. The molecule has 3 rings (SSSR count). The molecular formula is C19H18N4O4. The van der Waals surface area contributed by atoms with Gasteiger partial charge in [0.15, 0.2) is 17.4 Å². The monoisotopic (exact) mass is 366 g/mol. The summed E-state index contributed by atoms with van der Waals surface area (Å²) < 4.78 is 21.5. The fourth-order valence-corrected chi connectivity index (χ4v) is 2.81. The second kappa shape index (κ2) is 7.25. The molecule has 0 radical (unpaired) electrons. The van der Waals surface area contributed by atoms with Gasteiger partial charge in [0.2, 0.25) is 5.75 Å². The van der Waals surface area contributed by atoms with E-state index >= 15 is 0 Å². The smallest absolute Gasteiger partial charge is 0.203 e. The van der Waals surface area contributed by atoms with E-state index in [2.05, 4.69) is 16.0 Å². The minimum absolute atomic E-state index is 0.0856. The van der Waals surface area contributed by atoms with Gasteiger partial charge in [-0.1, -0.05) is 0 Å². The number of oxazole rings is 1. The van der Waals surface area contributed by atoms with E-state index in [1.165, 1.54) is 20.5 Å². The topological polar surface area (TPSA) is 116 Å². The van der Waals surface area contributed by atoms with Crippen molar-refractivity contribution >= 4 is 5.82 Å². The molecule has 3 aromatic rings. The van der Waals surface area contributed by atoms with Crippen LogP contribution in [-0.2, 0) is 0 Å². The van der Waals surface area contributed by atoms with E-state index in [4.69, 9.17) is 24.4 Å². The number of benzene rings is 1. The Morgan fingerprint density at radius 3 is 2.30 bits per heavy atom. The van der Waals surface area contributed by atoms with E-state index in [9.17, 15) is 5.26 Å². The second-order valence-electron chi connectivity index (χ2n) is 5.56. The third-order valence-corrected chi connectivity index (χ3v) is 4.03. The fourth-order valence-electron chi connectivity index (χ4n) is 2.81. The molecule has 0 fully saturated rings. The highest BCUT2D eigenvalue weighted by atomic mass is 16.5. The first-order valence-corrected chi connectivity index (χ1v) is 7.96. The Labute approximate surface area is 156 Å². The van der Waals surface area contributed by atoms with Gasteiger partial charge >= 0.3 is 0 Å². The minimum atomic E-state index is 0.0856. The lowest BCUT2D eigenvalue weighted by molar-refractivity contribution is 0.325. The third kappa shape index (κ3) is 3.11. The first-order chi connectivity index (χ1) is 13.0. The Bertz CT molecular complexity index is 1040. The van der Waals surface area contributed by atoms with Crippen LogP contribution in [0.1, 0.15) is 11.5 Å². The standard InChI is InChI=1S/C19H18N4O4/c1-10-22-15(9-27-10)12-7-14(23-19(21)13(12)8-20)11-5-6-16(24-2)18(26-4)17(11)25-3/h5-7,9H,1-4H3,(H2,21,23). The maximum Gasteiger partial charge on any atom is 0.203 e. The number of aryl methyl sites for hydroxylation is 1. The zero-order chi connectivity index (χ0) is 19.6. The van der Waals surface area contributed by atoms with Crippen LogP contribution in [0.2, 0.25) is 0 Å². The van der Waals surface area contributed by atoms with Gasteiger partial charge < -0.3 is 24.4 Å². The molecule has 2 aromatic heterocycles. The van der Waals surface area contributed by atoms with Crippen LogP contribution in [0.25, 0.3) is 22.5 Å². The van der Waals surface area contributed by atoms with Crippen LogP contribution in [-0.4, -0.2) is 31.3 Å². The summed E-state index contributed by atoms with van der Waals surface area (Å²) in [5.74, 6) is 1.96. The molecule has 2 heterocycles. The summed E-state index contributed by atoms with van der Waals surface area (Å²) in [4.78, 5) is 8.66. The van der Waals surface area contributed by atoms with Crippen LogP contribution in [0.15, 0.2) is 28.9 Å². The molecule has 138 valence electrons. The highest BCUT2D eigenvalue weighted by Crippen LogP contribution is 2.44. The average molecular weight is 366 g/mol. The van der Waals surface area contributed by atoms with Crippen molar-refractivity contribution in [3.8, 4) is 45.8 Å². The fraction of sp³-hybridized carbons (Fsp3) is 0.211. The number of pyridine rings is 1. The number of rotatable bonds is 5. The van der Waals surface area contributed by atoms with Gasteiger partial charge in [0.1, 0.15) is 29.4 Å². The predicted molar refractivity (Wildman–Crippen MR) is 98.7 cm³/mol. The third-order valence-electron chi connectivity index (χ3n) is 4.03. The lowest BCUT2D eigenvalue weighted by atomic mass is 10.0. The zero-order valence-corrected chi connectivity index (χ0v) is 15.4. The summed E-state index contributed by atoms with van der Waals surface area (Å²) in [6, 6.07) is 7.32. The molecule has 8 heteroatoms. The predicted octanol–water partition coefficient (Wildman–Crippen LogP) is 3.19. The molecule has 0 aliphatic heterocycles. The number of nitrogens with zero attached hydrogens (tertiary/aromatic N) is 3. The summed E-state index contributed by atoms with van der Waals surface area (Å²) in [5, 5.41) is 9.49. The molecule has 1 aromatic carbocycles. The first-order valence-electron chi connectivity index (χ1n) is 7.96. The molecule has 0 saturated carbocycles. The van der Waals surface area contributed by atoms with Crippen molar-refractivity contribution in [3.05, 3.63) is 35.9 Å². The molecule has 0 aliphatic rings. The second-order valence-corrected chi connectivity index (χ2v) is 5.56. The normalized spacial score (nSPS) is 10.3. The number of nitrogens with two attached hydrogens (primary N) is 1. The summed E-state index contributed by atoms with van der Waals surface area (Å²) in [6.45, 7) is 1.72. The average Bonchev–Trinajstić information content (AvgIpc) is 3.12. The molecule has 0 amide bonds. The molecule has 0 spiro atoms. The van der Waals surface area contributed by atoms with E-state index in [0.29, 0.717) is 45.7 Å². The Hall–Kier alpha value is -3.73. The van der Waals surface area contributed by atoms with E-state index in [0.717, 1.165) is 0 Å². The van der Waals surface area contributed by atoms with E-state index in [1.54, 1.807) is 32.2 Å². The summed E-state index contributed by atoms with van der Waals surface area (Å²) in [6.07, 6.45) is 1.47. The number of anilines is 1. The number of nitriles is 1. The van der Waals surface area contributed by atoms with Crippen molar-refractivity contribution in [1.29, 1.82) is 5.26 Å². The zero-order valence-electron chi connectivity index (χ0n) is 15.4. The van der Waals surface area contributed by atoms with Gasteiger partial charge in [0.05, 0.1) is 27.0 Å². The molecule has 0 unspecified atom stereocenters. The Kier molecular flexibility index (Phi) is 4.86. The van der Waals surface area contributed by atoms with Crippen molar-refractivity contribution in [2.75, 3.05) is 27.1 Å². The number of nitrogen functional groups attached to an aromatic ring is 1. The highest BCUT2D eigenvalue weighted by molar-refractivity contribution is 5.82. The summed E-state index contributed by atoms with van der Waals surface area (Å²) in [7, 11) is 4.59. The van der Waals surface area contributed by atoms with Crippen LogP contribution >= 0.6 is 0 Å². The van der Waals surface area contributed by atoms with Crippen molar-refractivity contribution in [3.63, 3.8) is 0 Å². The number of ether oxygens (including phenoxy) is 3. The van der Waals surface area contributed by atoms with Crippen LogP contribution in [0.5, 0.6) is 17.2 Å². The lowest BCUT2D eigenvalue weighted by Gasteiger charge is -2.16. The van der Waals surface area contributed by atoms with Crippen molar-refractivity contribution in [1.82, 2.24) is 9.97 Å². The minimum Gasteiger partial charge on any atom is -0.493 e. The van der Waals surface area contributed by atoms with Crippen LogP contribution < -0.4 is 19.9 Å². The van der Waals surface area contributed by atoms with Crippen LogP contribution in [0.4, 0.5) is 5.82 Å². The summed E-state index contributed by atoms with van der Waals surface area (Å²) >= 11 is 0. The number of hydrogen-bond acceptors (Lipinski definition) is 8. The molecule has 2 N–H and O–H groups in total. The molecule has 0 atom stereocenters. The highest BCUT2D eigenvalue weighted by Gasteiger charge is 2.21. The number of aromatic nitrogens is 2. The van der Waals surface area contributed by atoms with Gasteiger partial charge in [-0.15, -0.1) is 0 Å². The SMILES string of the molecule is COc1ccc(-c2cc(-c3coc(C)n3)c(C#N)c(N)n2)c(OC)c1OC. The van der Waals surface area contributed by atoms with E-state index in [-0.39, 0.29) is 11.4 Å². The van der Waals surface area contributed by atoms with Crippen LogP contribution in [0.3, 0.4) is 0 Å². The van der Waals surface area contributed by atoms with Gasteiger partial charge in [-0.25, -0.2) is 9.97 Å². The summed E-state index contributed by atoms with van der Waals surface area (Å²) in [5.41, 5.74) is 8.42. The van der Waals surface area contributed by atoms with Crippen molar-refractivity contribution in [2.24, 2.45) is 0 Å². The maximum absolute atomic E-state index is 9.49. The van der Waals surface area contributed by atoms with E-state index in [1.807, 2.05) is 0 Å². The van der Waals surface area contributed by atoms with Crippen molar-refractivity contribution < 1.29 is 18.6 Å². The van der Waals surface area contributed by atoms with Gasteiger partial charge in [-0.2, -0.15) is 5.26 Å². The largest absolute Gasteiger partial charge is 0.493 e. The van der Waals surface area contributed by atoms with Gasteiger partial charge in [0, 0.05) is 18.1 Å². The maximum atomic E-state index is 9.49. The molecule has 27 heavy (non-hydrogen) atoms. The molecule has 8 nitrogen and oxygen atoms in total. The Morgan fingerprint density at radius 2 is 1.74 bits per heavy atom. The van der Waals surface area contributed by atoms with Gasteiger partial charge in [-0.3, -0.25) is 0 Å². The molecule has 0 saturated heterocycles. The Balaban J connectivity index is 2.28. The van der Waals surface area contributed by atoms with E-state index < -0.39 is 0 Å². The van der Waals surface area contributed by atoms with Crippen LogP contribution in [0, 0.1) is 18.3 Å².